The summed E-state index contributed by atoms with van der Waals surface area (Å²) in [4.78, 5) is 22.6. The van der Waals surface area contributed by atoms with Crippen molar-refractivity contribution in [1.82, 2.24) is 19.7 Å². The van der Waals surface area contributed by atoms with Crippen LogP contribution in [0.4, 0.5) is 11.4 Å². The van der Waals surface area contributed by atoms with Gasteiger partial charge in [0, 0.05) is 30.4 Å². The molecule has 1 N–H and O–H groups in total. The fourth-order valence-corrected chi connectivity index (χ4v) is 6.03. The third-order valence-corrected chi connectivity index (χ3v) is 7.88. The van der Waals surface area contributed by atoms with Crippen LogP contribution in [-0.2, 0) is 27.7 Å². The molecule has 0 bridgehead atoms. The topological polar surface area (TPSA) is 119 Å². The Balaban J connectivity index is 1.19. The molecule has 1 amide bonds. The van der Waals surface area contributed by atoms with Crippen molar-refractivity contribution >= 4 is 27.3 Å². The highest BCUT2D eigenvalue weighted by molar-refractivity contribution is 7.92. The number of amides is 1. The van der Waals surface area contributed by atoms with E-state index in [9.17, 15) is 13.2 Å². The molecule has 11 heteroatoms. The zero-order valence-corrected chi connectivity index (χ0v) is 21.1. The Hall–Kier alpha value is -4.25. The molecule has 0 spiro atoms. The average molecular weight is 517 g/mol. The lowest BCUT2D eigenvalue weighted by Crippen LogP contribution is -2.33. The first-order valence-corrected chi connectivity index (χ1v) is 13.4. The van der Waals surface area contributed by atoms with Crippen LogP contribution in [0, 0.1) is 13.8 Å². The molecule has 0 radical (unpaired) electrons. The van der Waals surface area contributed by atoms with E-state index in [1.165, 1.54) is 6.33 Å². The summed E-state index contributed by atoms with van der Waals surface area (Å²) in [5.41, 5.74) is 4.93. The number of aryl methyl sites for hydroxylation is 3. The number of sulfonamides is 1. The number of anilines is 2. The van der Waals surface area contributed by atoms with Crippen LogP contribution in [0.3, 0.4) is 0 Å². The third kappa shape index (κ3) is 4.31. The van der Waals surface area contributed by atoms with E-state index in [1.54, 1.807) is 52.0 Å². The predicted molar refractivity (Wildman–Crippen MR) is 137 cm³/mol. The van der Waals surface area contributed by atoms with Crippen molar-refractivity contribution in [1.29, 1.82) is 0 Å². The molecule has 188 valence electrons. The van der Waals surface area contributed by atoms with E-state index in [0.29, 0.717) is 48.9 Å². The summed E-state index contributed by atoms with van der Waals surface area (Å²) in [6.07, 6.45) is 3.02. The van der Waals surface area contributed by atoms with Gasteiger partial charge in [-0.2, -0.15) is 5.10 Å². The lowest BCUT2D eigenvalue weighted by molar-refractivity contribution is -0.118. The molecular formula is C26H24N6O4S. The largest absolute Gasteiger partial charge is 0.439 e. The molecule has 2 aliphatic rings. The highest BCUT2D eigenvalue weighted by Gasteiger charge is 2.33. The summed E-state index contributed by atoms with van der Waals surface area (Å²) in [6, 6.07) is 13.6. The van der Waals surface area contributed by atoms with Crippen molar-refractivity contribution in [3.05, 3.63) is 77.4 Å². The van der Waals surface area contributed by atoms with Gasteiger partial charge in [0.15, 0.2) is 5.82 Å². The van der Waals surface area contributed by atoms with Gasteiger partial charge in [0.25, 0.3) is 10.0 Å². The van der Waals surface area contributed by atoms with Gasteiger partial charge < -0.3 is 9.64 Å². The van der Waals surface area contributed by atoms with Gasteiger partial charge in [-0.25, -0.2) is 23.1 Å². The van der Waals surface area contributed by atoms with Crippen molar-refractivity contribution in [2.45, 2.75) is 38.0 Å². The lowest BCUT2D eigenvalue weighted by atomic mass is 10.00. The molecule has 37 heavy (non-hydrogen) atoms. The lowest BCUT2D eigenvalue weighted by Gasteiger charge is -2.25. The van der Waals surface area contributed by atoms with Crippen LogP contribution < -0.4 is 14.4 Å². The minimum atomic E-state index is -3.81. The fraction of sp³-hybridized carbons (Fsp3) is 0.231. The predicted octanol–water partition coefficient (Wildman–Crippen LogP) is 3.71. The fourth-order valence-electron chi connectivity index (χ4n) is 4.87. The molecule has 2 aromatic carbocycles. The normalized spacial score (nSPS) is 14.5. The first kappa shape index (κ1) is 23.2. The zero-order chi connectivity index (χ0) is 25.7. The van der Waals surface area contributed by atoms with Crippen LogP contribution in [0.5, 0.6) is 11.6 Å². The number of nitrogens with zero attached hydrogens (tertiary/aromatic N) is 5. The van der Waals surface area contributed by atoms with Gasteiger partial charge >= 0.3 is 0 Å². The average Bonchev–Trinajstić information content (AvgIpc) is 3.46. The maximum atomic E-state index is 13.2. The van der Waals surface area contributed by atoms with E-state index >= 15 is 0 Å². The molecule has 2 aromatic heterocycles. The van der Waals surface area contributed by atoms with E-state index in [-0.39, 0.29) is 10.8 Å². The van der Waals surface area contributed by atoms with Crippen LogP contribution in [0.25, 0.3) is 5.82 Å². The smallest absolute Gasteiger partial charge is 0.261 e. The van der Waals surface area contributed by atoms with Crippen LogP contribution in [-0.4, -0.2) is 40.6 Å². The molecule has 0 aliphatic carbocycles. The molecule has 0 atom stereocenters. The van der Waals surface area contributed by atoms with Crippen LogP contribution >= 0.6 is 0 Å². The molecule has 10 nitrogen and oxygen atoms in total. The molecule has 0 fully saturated rings. The monoisotopic (exact) mass is 516 g/mol. The van der Waals surface area contributed by atoms with Crippen molar-refractivity contribution in [2.24, 2.45) is 0 Å². The van der Waals surface area contributed by atoms with Crippen LogP contribution in [0.15, 0.2) is 59.8 Å². The standard InChI is InChI=1S/C26H24N6O4S/c1-16-11-17(2)32(29-16)23-14-24(28-15-27-23)36-21-6-4-20(5-7-21)30-37(34,35)22-12-18-3-8-25(33)31-10-9-19(13-22)26(18)31/h4-7,11-15,30H,3,8-10H2,1-2H3. The molecule has 6 rings (SSSR count). The van der Waals surface area contributed by atoms with Gasteiger partial charge in [0.05, 0.1) is 16.3 Å². The van der Waals surface area contributed by atoms with E-state index < -0.39 is 10.0 Å². The summed E-state index contributed by atoms with van der Waals surface area (Å²) in [6.45, 7) is 4.46. The number of aromatic nitrogens is 4. The Labute approximate surface area is 214 Å². The quantitative estimate of drug-likeness (QED) is 0.415. The Morgan fingerprint density at radius 3 is 2.43 bits per heavy atom. The maximum Gasteiger partial charge on any atom is 0.261 e. The number of carbonyl (C=O) groups is 1. The van der Waals surface area contributed by atoms with Crippen molar-refractivity contribution in [3.63, 3.8) is 0 Å². The number of hydrogen-bond donors (Lipinski definition) is 1. The first-order chi connectivity index (χ1) is 17.8. The van der Waals surface area contributed by atoms with Crippen LogP contribution in [0.1, 0.15) is 28.9 Å². The van der Waals surface area contributed by atoms with Crippen molar-refractivity contribution in [3.8, 4) is 17.4 Å². The molecule has 4 aromatic rings. The molecule has 0 saturated heterocycles. The van der Waals surface area contributed by atoms with Gasteiger partial charge in [0.1, 0.15) is 12.1 Å². The van der Waals surface area contributed by atoms with Crippen molar-refractivity contribution in [2.75, 3.05) is 16.2 Å². The minimum absolute atomic E-state index is 0.104. The summed E-state index contributed by atoms with van der Waals surface area (Å²) in [5, 5.41) is 4.43. The second-order valence-electron chi connectivity index (χ2n) is 9.17. The Kier molecular flexibility index (Phi) is 5.45. The Morgan fingerprint density at radius 1 is 0.946 bits per heavy atom. The number of rotatable bonds is 6. The summed E-state index contributed by atoms with van der Waals surface area (Å²) < 4.78 is 36.5. The van der Waals surface area contributed by atoms with Gasteiger partial charge in [-0.05, 0) is 80.3 Å². The van der Waals surface area contributed by atoms with E-state index in [0.717, 1.165) is 28.2 Å². The first-order valence-electron chi connectivity index (χ1n) is 11.9. The molecular weight excluding hydrogens is 492 g/mol. The number of ether oxygens (including phenoxy) is 1. The van der Waals surface area contributed by atoms with Crippen LogP contribution in [0.2, 0.25) is 0 Å². The molecule has 0 unspecified atom stereocenters. The number of nitrogens with one attached hydrogen (secondary N) is 1. The highest BCUT2D eigenvalue weighted by Crippen LogP contribution is 2.38. The third-order valence-electron chi connectivity index (χ3n) is 6.52. The molecule has 0 saturated carbocycles. The van der Waals surface area contributed by atoms with Crippen molar-refractivity contribution < 1.29 is 17.9 Å². The summed E-state index contributed by atoms with van der Waals surface area (Å²) >= 11 is 0. The second-order valence-corrected chi connectivity index (χ2v) is 10.9. The van der Waals surface area contributed by atoms with Gasteiger partial charge in [0.2, 0.25) is 11.8 Å². The number of benzene rings is 2. The van der Waals surface area contributed by atoms with Gasteiger partial charge in [-0.15, -0.1) is 0 Å². The van der Waals surface area contributed by atoms with E-state index in [4.69, 9.17) is 4.74 Å². The highest BCUT2D eigenvalue weighted by atomic mass is 32.2. The second kappa shape index (κ2) is 8.70. The van der Waals surface area contributed by atoms with Gasteiger partial charge in [-0.3, -0.25) is 9.52 Å². The Morgan fingerprint density at radius 2 is 1.70 bits per heavy atom. The summed E-state index contributed by atoms with van der Waals surface area (Å²) in [7, 11) is -3.81. The summed E-state index contributed by atoms with van der Waals surface area (Å²) in [5.74, 6) is 1.52. The minimum Gasteiger partial charge on any atom is -0.439 e. The molecule has 2 aliphatic heterocycles. The van der Waals surface area contributed by atoms with Gasteiger partial charge in [-0.1, -0.05) is 0 Å². The Bertz CT molecular complexity index is 1650. The molecule has 4 heterocycles. The number of carbonyl (C=O) groups excluding carboxylic acids is 1. The SMILES string of the molecule is Cc1cc(C)n(-c2cc(Oc3ccc(NS(=O)(=O)c4cc5c6c(c4)CCN6C(=O)CC5)cc3)ncn2)n1. The van der Waals surface area contributed by atoms with E-state index in [2.05, 4.69) is 19.8 Å². The zero-order valence-electron chi connectivity index (χ0n) is 20.3. The number of hydrogen-bond acceptors (Lipinski definition) is 7. The van der Waals surface area contributed by atoms with E-state index in [1.807, 2.05) is 19.9 Å². The maximum absolute atomic E-state index is 13.2.